The van der Waals surface area contributed by atoms with E-state index >= 15 is 0 Å². The summed E-state index contributed by atoms with van der Waals surface area (Å²) in [6.07, 6.45) is 3.80. The third kappa shape index (κ3) is 3.01. The molecule has 0 saturated carbocycles. The minimum absolute atomic E-state index is 0.241. The van der Waals surface area contributed by atoms with Crippen molar-refractivity contribution in [2.45, 2.75) is 24.9 Å². The Kier molecular flexibility index (Phi) is 4.85. The summed E-state index contributed by atoms with van der Waals surface area (Å²) in [5, 5.41) is 16.1. The Labute approximate surface area is 145 Å². The predicted molar refractivity (Wildman–Crippen MR) is 99.4 cm³/mol. The highest BCUT2D eigenvalue weighted by Gasteiger charge is 2.14. The highest BCUT2D eigenvalue weighted by molar-refractivity contribution is 7.98. The van der Waals surface area contributed by atoms with Crippen molar-refractivity contribution in [1.29, 1.82) is 0 Å². The molecule has 0 aliphatic heterocycles. The predicted octanol–water partition coefficient (Wildman–Crippen LogP) is 4.17. The highest BCUT2D eigenvalue weighted by atomic mass is 32.2. The van der Waals surface area contributed by atoms with Crippen molar-refractivity contribution in [3.05, 3.63) is 47.8 Å². The first-order valence-electron chi connectivity index (χ1n) is 7.75. The third-order valence-electron chi connectivity index (χ3n) is 3.79. The molecule has 3 aromatic rings. The van der Waals surface area contributed by atoms with E-state index in [1.54, 1.807) is 11.8 Å². The molecule has 0 N–H and O–H groups in total. The van der Waals surface area contributed by atoms with Crippen LogP contribution in [-0.4, -0.2) is 34.5 Å². The molecule has 0 atom stereocenters. The number of hydrogen-bond donors (Lipinski definition) is 0. The topological polar surface area (TPSA) is 52.3 Å². The van der Waals surface area contributed by atoms with Gasteiger partial charge in [-0.2, -0.15) is 9.78 Å². The van der Waals surface area contributed by atoms with Crippen molar-refractivity contribution in [3.63, 3.8) is 0 Å². The van der Waals surface area contributed by atoms with Crippen LogP contribution in [0.15, 0.2) is 46.7 Å². The largest absolute Gasteiger partial charge is 0.496 e. The molecule has 5 nitrogen and oxygen atoms in total. The van der Waals surface area contributed by atoms with Gasteiger partial charge in [0, 0.05) is 11.5 Å². The van der Waals surface area contributed by atoms with Crippen molar-refractivity contribution < 1.29 is 4.74 Å². The number of hydrogen-bond acceptors (Lipinski definition) is 5. The van der Waals surface area contributed by atoms with E-state index in [4.69, 9.17) is 4.74 Å². The highest BCUT2D eigenvalue weighted by Crippen LogP contribution is 2.27. The molecule has 0 bridgehead atoms. The van der Waals surface area contributed by atoms with Gasteiger partial charge in [0.05, 0.1) is 13.3 Å². The second kappa shape index (κ2) is 7.05. The van der Waals surface area contributed by atoms with Crippen LogP contribution in [0.1, 0.15) is 31.2 Å². The number of nitrogens with zero attached hydrogens (tertiary/aromatic N) is 4. The molecular weight excluding hydrogens is 320 g/mol. The molecule has 24 heavy (non-hydrogen) atoms. The minimum atomic E-state index is 0.241. The number of benzene rings is 2. The van der Waals surface area contributed by atoms with Crippen LogP contribution in [0.5, 0.6) is 5.75 Å². The zero-order valence-corrected chi connectivity index (χ0v) is 15.0. The summed E-state index contributed by atoms with van der Waals surface area (Å²) in [6, 6.07) is 12.2. The molecule has 0 saturated heterocycles. The zero-order valence-electron chi connectivity index (χ0n) is 14.2. The van der Waals surface area contributed by atoms with Gasteiger partial charge in [-0.05, 0) is 23.1 Å². The Bertz CT molecular complexity index is 886. The van der Waals surface area contributed by atoms with Gasteiger partial charge in [0.1, 0.15) is 5.75 Å². The van der Waals surface area contributed by atoms with E-state index in [0.717, 1.165) is 33.1 Å². The maximum atomic E-state index is 5.52. The van der Waals surface area contributed by atoms with E-state index in [1.165, 1.54) is 11.8 Å². The van der Waals surface area contributed by atoms with E-state index < -0.39 is 0 Å². The zero-order chi connectivity index (χ0) is 17.1. The lowest BCUT2D eigenvalue weighted by Crippen LogP contribution is -2.02. The van der Waals surface area contributed by atoms with Crippen LogP contribution >= 0.6 is 11.8 Å². The molecule has 124 valence electrons. The smallest absolute Gasteiger partial charge is 0.211 e. The summed E-state index contributed by atoms with van der Waals surface area (Å²) in [5.74, 6) is 1.88. The Balaban J connectivity index is 2.13. The number of thioether (sulfide) groups is 1. The minimum Gasteiger partial charge on any atom is -0.496 e. The van der Waals surface area contributed by atoms with Crippen LogP contribution < -0.4 is 4.74 Å². The molecule has 1 aromatic heterocycles. The van der Waals surface area contributed by atoms with E-state index in [-0.39, 0.29) is 5.92 Å². The second-order valence-electron chi connectivity index (χ2n) is 5.66. The standard InChI is InChI=1S/C18H20N4OS/c1-12(2)17-20-21-18(24-4)22(17)19-11-15-14-8-6-5-7-13(14)9-10-16(15)23-3/h5-12H,1-4H3/b19-11-. The van der Waals surface area contributed by atoms with E-state index in [2.05, 4.69) is 47.3 Å². The van der Waals surface area contributed by atoms with Gasteiger partial charge in [0.2, 0.25) is 5.16 Å². The molecule has 0 spiro atoms. The van der Waals surface area contributed by atoms with Crippen LogP contribution in [0.3, 0.4) is 0 Å². The van der Waals surface area contributed by atoms with Gasteiger partial charge < -0.3 is 4.74 Å². The van der Waals surface area contributed by atoms with Gasteiger partial charge in [-0.1, -0.05) is 55.9 Å². The Morgan fingerprint density at radius 1 is 1.17 bits per heavy atom. The summed E-state index contributed by atoms with van der Waals surface area (Å²) >= 11 is 1.53. The van der Waals surface area contributed by atoms with Crippen LogP contribution in [-0.2, 0) is 0 Å². The normalized spacial score (nSPS) is 11.7. The second-order valence-corrected chi connectivity index (χ2v) is 6.43. The Morgan fingerprint density at radius 3 is 2.67 bits per heavy atom. The fourth-order valence-electron chi connectivity index (χ4n) is 2.57. The number of aromatic nitrogens is 3. The van der Waals surface area contributed by atoms with Crippen molar-refractivity contribution in [3.8, 4) is 5.75 Å². The van der Waals surface area contributed by atoms with E-state index in [1.807, 2.05) is 30.7 Å². The van der Waals surface area contributed by atoms with Crippen molar-refractivity contribution >= 4 is 28.7 Å². The lowest BCUT2D eigenvalue weighted by Gasteiger charge is -2.09. The fourth-order valence-corrected chi connectivity index (χ4v) is 3.01. The van der Waals surface area contributed by atoms with Gasteiger partial charge in [-0.15, -0.1) is 10.2 Å². The Hall–Kier alpha value is -2.34. The molecule has 0 amide bonds. The fraction of sp³-hybridized carbons (Fsp3) is 0.278. The molecule has 1 heterocycles. The quantitative estimate of drug-likeness (QED) is 0.517. The van der Waals surface area contributed by atoms with Gasteiger partial charge in [0.25, 0.3) is 0 Å². The SMILES string of the molecule is COc1ccc2ccccc2c1/C=N\n1c(SC)nnc1C(C)C. The maximum absolute atomic E-state index is 5.52. The van der Waals surface area contributed by atoms with Gasteiger partial charge in [0.15, 0.2) is 5.82 Å². The number of ether oxygens (including phenoxy) is 1. The Morgan fingerprint density at radius 2 is 1.96 bits per heavy atom. The number of fused-ring (bicyclic) bond motifs is 1. The number of methoxy groups -OCH3 is 1. The number of rotatable bonds is 5. The molecule has 6 heteroatoms. The summed E-state index contributed by atoms with van der Waals surface area (Å²) in [4.78, 5) is 0. The lowest BCUT2D eigenvalue weighted by atomic mass is 10.0. The average molecular weight is 340 g/mol. The van der Waals surface area contributed by atoms with Crippen molar-refractivity contribution in [1.82, 2.24) is 14.9 Å². The van der Waals surface area contributed by atoms with Gasteiger partial charge >= 0.3 is 0 Å². The first-order chi connectivity index (χ1) is 11.7. The molecule has 0 fully saturated rings. The summed E-state index contributed by atoms with van der Waals surface area (Å²) < 4.78 is 7.32. The molecular formula is C18H20N4OS. The van der Waals surface area contributed by atoms with Crippen LogP contribution in [0.4, 0.5) is 0 Å². The molecule has 0 aliphatic rings. The maximum Gasteiger partial charge on any atom is 0.211 e. The molecule has 3 rings (SSSR count). The first kappa shape index (κ1) is 16.5. The van der Waals surface area contributed by atoms with Crippen molar-refractivity contribution in [2.75, 3.05) is 13.4 Å². The first-order valence-corrected chi connectivity index (χ1v) is 8.97. The average Bonchev–Trinajstić information content (AvgIpc) is 3.02. The van der Waals surface area contributed by atoms with E-state index in [9.17, 15) is 0 Å². The third-order valence-corrected chi connectivity index (χ3v) is 4.41. The molecule has 0 radical (unpaired) electrons. The monoisotopic (exact) mass is 340 g/mol. The van der Waals surface area contributed by atoms with Gasteiger partial charge in [-0.3, -0.25) is 0 Å². The summed E-state index contributed by atoms with van der Waals surface area (Å²) in [6.45, 7) is 4.16. The van der Waals surface area contributed by atoms with E-state index in [0.29, 0.717) is 0 Å². The molecule has 0 aliphatic carbocycles. The molecule has 2 aromatic carbocycles. The van der Waals surface area contributed by atoms with Crippen LogP contribution in [0, 0.1) is 0 Å². The van der Waals surface area contributed by atoms with Gasteiger partial charge in [-0.25, -0.2) is 0 Å². The summed E-state index contributed by atoms with van der Waals surface area (Å²) in [7, 11) is 1.67. The van der Waals surface area contributed by atoms with Crippen molar-refractivity contribution in [2.24, 2.45) is 5.10 Å². The van der Waals surface area contributed by atoms with Crippen LogP contribution in [0.25, 0.3) is 10.8 Å². The molecule has 0 unspecified atom stereocenters. The lowest BCUT2D eigenvalue weighted by molar-refractivity contribution is 0.415. The van der Waals surface area contributed by atoms with Crippen LogP contribution in [0.2, 0.25) is 0 Å². The summed E-state index contributed by atoms with van der Waals surface area (Å²) in [5.41, 5.74) is 0.950.